The van der Waals surface area contributed by atoms with E-state index in [1.807, 2.05) is 31.2 Å². The number of halogens is 1. The van der Waals surface area contributed by atoms with E-state index in [1.54, 1.807) is 30.3 Å². The molecule has 3 heterocycles. The number of aliphatic hydroxyl groups excluding tert-OH is 1. The van der Waals surface area contributed by atoms with Crippen LogP contribution in [0.4, 0.5) is 5.13 Å². The van der Waals surface area contributed by atoms with Crippen LogP contribution in [0.5, 0.6) is 11.5 Å². The fourth-order valence-corrected chi connectivity index (χ4v) is 7.03. The van der Waals surface area contributed by atoms with Gasteiger partial charge in [0, 0.05) is 22.8 Å². The summed E-state index contributed by atoms with van der Waals surface area (Å²) in [7, 11) is 0. The summed E-state index contributed by atoms with van der Waals surface area (Å²) in [6.07, 6.45) is 0.674. The minimum atomic E-state index is -1.02. The van der Waals surface area contributed by atoms with E-state index in [1.165, 1.54) is 28.8 Å². The number of aromatic nitrogens is 2. The van der Waals surface area contributed by atoms with E-state index in [0.717, 1.165) is 28.2 Å². The number of carbonyl (C=O) groups excluding carboxylic acids is 2. The Kier molecular flexibility index (Phi) is 6.99. The second-order valence-electron chi connectivity index (χ2n) is 9.45. The molecule has 0 saturated carbocycles. The van der Waals surface area contributed by atoms with Crippen LogP contribution < -0.4 is 9.64 Å². The Morgan fingerprint density at radius 3 is 2.75 bits per heavy atom. The molecule has 4 aromatic rings. The Morgan fingerprint density at radius 1 is 1.12 bits per heavy atom. The van der Waals surface area contributed by atoms with Crippen LogP contribution in [0.2, 0.25) is 5.02 Å². The number of nitrogens with zero attached hydrogens (tertiary/aromatic N) is 3. The van der Waals surface area contributed by atoms with Crippen molar-refractivity contribution < 1.29 is 24.5 Å². The van der Waals surface area contributed by atoms with Crippen LogP contribution in [-0.2, 0) is 21.8 Å². The van der Waals surface area contributed by atoms with Gasteiger partial charge in [-0.25, -0.2) is 0 Å². The quantitative estimate of drug-likeness (QED) is 0.0904. The lowest BCUT2D eigenvalue weighted by atomic mass is 9.94. The van der Waals surface area contributed by atoms with Crippen LogP contribution in [0.1, 0.15) is 35.2 Å². The highest BCUT2D eigenvalue weighted by Crippen LogP contribution is 2.45. The fraction of sp³-hybridized carbons (Fsp3) is 0.172. The third kappa shape index (κ3) is 4.83. The van der Waals surface area contributed by atoms with Crippen molar-refractivity contribution in [3.8, 4) is 11.5 Å². The van der Waals surface area contributed by atoms with Crippen molar-refractivity contribution >= 4 is 57.3 Å². The third-order valence-corrected chi connectivity index (χ3v) is 9.18. The molecular weight excluding hydrogens is 570 g/mol. The molecule has 202 valence electrons. The van der Waals surface area contributed by atoms with E-state index in [0.29, 0.717) is 32.7 Å². The molecule has 8 nitrogen and oxygen atoms in total. The zero-order chi connectivity index (χ0) is 28.0. The molecule has 2 N–H and O–H groups in total. The van der Waals surface area contributed by atoms with Gasteiger partial charge in [-0.3, -0.25) is 14.5 Å². The molecule has 0 aliphatic carbocycles. The number of phenolic OH excluding ortho intramolecular Hbond substituents is 1. The number of ketones is 1. The molecule has 2 unspecified atom stereocenters. The zero-order valence-corrected chi connectivity index (χ0v) is 23.5. The smallest absolute Gasteiger partial charge is 0.301 e. The lowest BCUT2D eigenvalue weighted by molar-refractivity contribution is -0.132. The fourth-order valence-electron chi connectivity index (χ4n) is 4.88. The van der Waals surface area contributed by atoms with Crippen LogP contribution in [0, 0.1) is 0 Å². The van der Waals surface area contributed by atoms with E-state index >= 15 is 0 Å². The summed E-state index contributed by atoms with van der Waals surface area (Å²) in [6, 6.07) is 17.9. The molecule has 40 heavy (non-hydrogen) atoms. The van der Waals surface area contributed by atoms with Crippen LogP contribution in [0.25, 0.3) is 5.76 Å². The number of carbonyl (C=O) groups is 2. The maximum absolute atomic E-state index is 13.5. The predicted octanol–water partition coefficient (Wildman–Crippen LogP) is 6.14. The number of ether oxygens (including phenoxy) is 1. The first-order valence-electron chi connectivity index (χ1n) is 12.4. The van der Waals surface area contributed by atoms with Gasteiger partial charge in [0.05, 0.1) is 11.6 Å². The second-order valence-corrected chi connectivity index (χ2v) is 12.0. The highest BCUT2D eigenvalue weighted by Gasteiger charge is 2.48. The number of anilines is 1. The number of aliphatic hydroxyl groups is 1. The van der Waals surface area contributed by atoms with Crippen LogP contribution in [0.15, 0.2) is 76.6 Å². The number of Topliss-reactive ketones (excluding diaryl/α,β-unsaturated/α-hetero) is 1. The van der Waals surface area contributed by atoms with Gasteiger partial charge in [0.15, 0.2) is 4.34 Å². The van der Waals surface area contributed by atoms with E-state index < -0.39 is 17.7 Å². The molecule has 1 saturated heterocycles. The molecule has 2 aliphatic rings. The Hall–Kier alpha value is -3.86. The van der Waals surface area contributed by atoms with Gasteiger partial charge < -0.3 is 14.9 Å². The number of hydrogen-bond acceptors (Lipinski definition) is 9. The highest BCUT2D eigenvalue weighted by molar-refractivity contribution is 8.00. The molecule has 1 aromatic heterocycles. The molecular formula is C29H22ClN3O5S2. The number of fused-ring (bicyclic) bond motifs is 1. The average Bonchev–Trinajstić information content (AvgIpc) is 3.63. The second kappa shape index (κ2) is 10.6. The van der Waals surface area contributed by atoms with Gasteiger partial charge in [-0.1, -0.05) is 65.0 Å². The zero-order valence-electron chi connectivity index (χ0n) is 21.1. The number of rotatable bonds is 6. The predicted molar refractivity (Wildman–Crippen MR) is 154 cm³/mol. The van der Waals surface area contributed by atoms with E-state index in [9.17, 15) is 19.8 Å². The number of benzene rings is 3. The maximum atomic E-state index is 13.5. The van der Waals surface area contributed by atoms with Crippen molar-refractivity contribution in [1.29, 1.82) is 0 Å². The van der Waals surface area contributed by atoms with Gasteiger partial charge in [0.2, 0.25) is 5.13 Å². The molecule has 0 radical (unpaired) electrons. The standard InChI is InChI=1S/C29H22ClN3O5S2/c1-15-11-19-12-17(9-10-22(19)38-15)25(35)23-24(16-6-4-7-20(34)13-16)33(27(37)26(23)36)28-31-32-29(40-28)39-14-18-5-2-3-8-21(18)30/h2-10,12-13,15,24,34-35H,11,14H2,1H3/b25-23-. The monoisotopic (exact) mass is 591 g/mol. The van der Waals surface area contributed by atoms with E-state index in [-0.39, 0.29) is 28.3 Å². The first-order valence-corrected chi connectivity index (χ1v) is 14.6. The summed E-state index contributed by atoms with van der Waals surface area (Å²) in [5, 5.41) is 30.9. The summed E-state index contributed by atoms with van der Waals surface area (Å²) in [5.41, 5.74) is 2.58. The van der Waals surface area contributed by atoms with Gasteiger partial charge in [-0.05, 0) is 60.0 Å². The molecule has 2 aliphatic heterocycles. The van der Waals surface area contributed by atoms with Gasteiger partial charge in [0.25, 0.3) is 5.78 Å². The summed E-state index contributed by atoms with van der Waals surface area (Å²) >= 11 is 8.84. The molecule has 11 heteroatoms. The van der Waals surface area contributed by atoms with Gasteiger partial charge in [0.1, 0.15) is 23.4 Å². The van der Waals surface area contributed by atoms with Crippen LogP contribution in [0.3, 0.4) is 0 Å². The molecule has 1 amide bonds. The normalized spacial score (nSPS) is 19.6. The van der Waals surface area contributed by atoms with Crippen molar-refractivity contribution in [3.63, 3.8) is 0 Å². The summed E-state index contributed by atoms with van der Waals surface area (Å²) in [4.78, 5) is 28.1. The Balaban J connectivity index is 1.39. The Bertz CT molecular complexity index is 1690. The number of phenols is 1. The molecule has 1 fully saturated rings. The van der Waals surface area contributed by atoms with E-state index in [2.05, 4.69) is 10.2 Å². The summed E-state index contributed by atoms with van der Waals surface area (Å²) < 4.78 is 6.35. The average molecular weight is 592 g/mol. The SMILES string of the molecule is CC1Cc2cc(/C(O)=C3/C(=O)C(=O)N(c4nnc(SCc5ccccc5Cl)s4)C3c3cccc(O)c3)ccc2O1. The third-order valence-electron chi connectivity index (χ3n) is 6.71. The van der Waals surface area contributed by atoms with Crippen molar-refractivity contribution in [1.82, 2.24) is 10.2 Å². The van der Waals surface area contributed by atoms with Crippen LogP contribution in [-0.4, -0.2) is 38.2 Å². The number of hydrogen-bond donors (Lipinski definition) is 2. The topological polar surface area (TPSA) is 113 Å². The van der Waals surface area contributed by atoms with Gasteiger partial charge >= 0.3 is 5.91 Å². The molecule has 6 rings (SSSR count). The maximum Gasteiger partial charge on any atom is 0.301 e. The minimum Gasteiger partial charge on any atom is -0.508 e. The first kappa shape index (κ1) is 26.4. The first-order chi connectivity index (χ1) is 19.3. The number of aromatic hydroxyl groups is 1. The van der Waals surface area contributed by atoms with E-state index in [4.69, 9.17) is 16.3 Å². The molecule has 0 spiro atoms. The summed E-state index contributed by atoms with van der Waals surface area (Å²) in [6.45, 7) is 1.95. The lowest BCUT2D eigenvalue weighted by Crippen LogP contribution is -2.29. The van der Waals surface area contributed by atoms with Crippen LogP contribution >= 0.6 is 34.7 Å². The van der Waals surface area contributed by atoms with Crippen molar-refractivity contribution in [2.45, 2.75) is 35.6 Å². The largest absolute Gasteiger partial charge is 0.508 e. The van der Waals surface area contributed by atoms with Crippen molar-refractivity contribution in [2.24, 2.45) is 0 Å². The van der Waals surface area contributed by atoms with Gasteiger partial charge in [-0.2, -0.15) is 0 Å². The molecule has 0 bridgehead atoms. The summed E-state index contributed by atoms with van der Waals surface area (Å²) in [5.74, 6) is -0.772. The number of thioether (sulfide) groups is 1. The lowest BCUT2D eigenvalue weighted by Gasteiger charge is -2.22. The Morgan fingerprint density at radius 2 is 1.95 bits per heavy atom. The minimum absolute atomic E-state index is 0.00709. The van der Waals surface area contributed by atoms with Crippen molar-refractivity contribution in [2.75, 3.05) is 4.90 Å². The van der Waals surface area contributed by atoms with Crippen molar-refractivity contribution in [3.05, 3.63) is 99.6 Å². The molecule has 2 atom stereocenters. The molecule has 3 aromatic carbocycles. The van der Waals surface area contributed by atoms with Gasteiger partial charge in [-0.15, -0.1) is 10.2 Å². The number of amides is 1. The highest BCUT2D eigenvalue weighted by atomic mass is 35.5. The Labute approximate surface area is 242 Å².